The summed E-state index contributed by atoms with van der Waals surface area (Å²) in [5, 5.41) is 8.19. The van der Waals surface area contributed by atoms with Gasteiger partial charge in [-0.1, -0.05) is 27.7 Å². The number of ether oxygens (including phenoxy) is 1. The highest BCUT2D eigenvalue weighted by Crippen LogP contribution is 2.34. The first kappa shape index (κ1) is 14.5. The van der Waals surface area contributed by atoms with E-state index in [0.29, 0.717) is 6.04 Å². The van der Waals surface area contributed by atoms with E-state index in [-0.39, 0.29) is 11.5 Å². The number of rotatable bonds is 3. The van der Waals surface area contributed by atoms with Crippen LogP contribution < -0.4 is 5.32 Å². The summed E-state index contributed by atoms with van der Waals surface area (Å²) in [7, 11) is 1.99. The number of hydrogen-bond acceptors (Lipinski definition) is 3. The Hall–Kier alpha value is -0.870. The third-order valence-electron chi connectivity index (χ3n) is 3.69. The molecule has 1 N–H and O–H groups in total. The summed E-state index contributed by atoms with van der Waals surface area (Å²) in [6.45, 7) is 10.7. The van der Waals surface area contributed by atoms with Crippen molar-refractivity contribution in [2.45, 2.75) is 58.1 Å². The molecule has 1 aliphatic heterocycles. The van der Waals surface area contributed by atoms with Crippen LogP contribution in [0.25, 0.3) is 0 Å². The molecule has 0 radical (unpaired) electrons. The van der Waals surface area contributed by atoms with E-state index in [1.54, 1.807) is 0 Å². The fourth-order valence-corrected chi connectivity index (χ4v) is 2.81. The molecule has 0 saturated carbocycles. The summed E-state index contributed by atoms with van der Waals surface area (Å²) in [5.74, 6) is 0. The van der Waals surface area contributed by atoms with Crippen molar-refractivity contribution in [3.8, 4) is 0 Å². The van der Waals surface area contributed by atoms with Gasteiger partial charge in [0.2, 0.25) is 0 Å². The minimum absolute atomic E-state index is 0.0606. The summed E-state index contributed by atoms with van der Waals surface area (Å²) in [6.07, 6.45) is 4.46. The lowest BCUT2D eigenvalue weighted by Gasteiger charge is -2.31. The van der Waals surface area contributed by atoms with Gasteiger partial charge in [0.05, 0.1) is 11.8 Å². The van der Waals surface area contributed by atoms with E-state index in [0.717, 1.165) is 31.7 Å². The average molecular weight is 265 g/mol. The van der Waals surface area contributed by atoms with Gasteiger partial charge in [0, 0.05) is 36.9 Å². The molecule has 108 valence electrons. The number of nitrogens with one attached hydrogen (secondary N) is 1. The molecule has 2 atom stereocenters. The number of hydrogen-bond donors (Lipinski definition) is 1. The molecule has 0 spiro atoms. The molecule has 1 fully saturated rings. The van der Waals surface area contributed by atoms with Crippen LogP contribution in [0.2, 0.25) is 0 Å². The minimum Gasteiger partial charge on any atom is -0.373 e. The largest absolute Gasteiger partial charge is 0.373 e. The monoisotopic (exact) mass is 265 g/mol. The Balaban J connectivity index is 2.21. The summed E-state index contributed by atoms with van der Waals surface area (Å²) >= 11 is 0. The van der Waals surface area contributed by atoms with Crippen molar-refractivity contribution in [1.82, 2.24) is 15.1 Å². The van der Waals surface area contributed by atoms with Gasteiger partial charge in [0.1, 0.15) is 0 Å². The second kappa shape index (κ2) is 5.63. The lowest BCUT2D eigenvalue weighted by Crippen LogP contribution is -2.36. The highest BCUT2D eigenvalue weighted by atomic mass is 16.5. The second-order valence-electron chi connectivity index (χ2n) is 6.50. The molecule has 2 unspecified atom stereocenters. The van der Waals surface area contributed by atoms with Crippen LogP contribution in [-0.4, -0.2) is 29.0 Å². The minimum atomic E-state index is 0.0606. The predicted octanol–water partition coefficient (Wildman–Crippen LogP) is 2.55. The van der Waals surface area contributed by atoms with E-state index < -0.39 is 0 Å². The normalized spacial score (nSPS) is 24.7. The maximum Gasteiger partial charge on any atom is 0.0873 e. The van der Waals surface area contributed by atoms with Crippen molar-refractivity contribution in [2.75, 3.05) is 13.2 Å². The fraction of sp³-hybridized carbons (Fsp3) is 0.800. The molecule has 0 aliphatic carbocycles. The van der Waals surface area contributed by atoms with Gasteiger partial charge < -0.3 is 10.1 Å². The standard InChI is InChI=1S/C15H27N3O/c1-6-16-11-7-8-19-13(9-11)12-10-18(5)17-14(12)15(2,3)4/h10-11,13,16H,6-9H2,1-5H3. The first-order valence-corrected chi connectivity index (χ1v) is 7.30. The quantitative estimate of drug-likeness (QED) is 0.913. The van der Waals surface area contributed by atoms with Gasteiger partial charge in [0.15, 0.2) is 0 Å². The fourth-order valence-electron chi connectivity index (χ4n) is 2.81. The summed E-state index contributed by atoms with van der Waals surface area (Å²) in [6, 6.07) is 0.566. The molecule has 19 heavy (non-hydrogen) atoms. The Bertz CT molecular complexity index is 418. The Morgan fingerprint density at radius 2 is 2.21 bits per heavy atom. The summed E-state index contributed by atoms with van der Waals surface area (Å²) in [5.41, 5.74) is 2.49. The Morgan fingerprint density at radius 1 is 1.47 bits per heavy atom. The van der Waals surface area contributed by atoms with Crippen LogP contribution in [-0.2, 0) is 17.2 Å². The van der Waals surface area contributed by atoms with Crippen molar-refractivity contribution in [2.24, 2.45) is 7.05 Å². The van der Waals surface area contributed by atoms with Crippen LogP contribution in [0.3, 0.4) is 0 Å². The van der Waals surface area contributed by atoms with Crippen LogP contribution in [0.5, 0.6) is 0 Å². The zero-order valence-corrected chi connectivity index (χ0v) is 12.9. The van der Waals surface area contributed by atoms with Crippen LogP contribution in [0, 0.1) is 0 Å². The van der Waals surface area contributed by atoms with E-state index >= 15 is 0 Å². The van der Waals surface area contributed by atoms with Gasteiger partial charge in [-0.2, -0.15) is 5.10 Å². The Labute approximate surface area is 116 Å². The first-order valence-electron chi connectivity index (χ1n) is 7.30. The molecule has 2 rings (SSSR count). The molecule has 0 bridgehead atoms. The Kier molecular flexibility index (Phi) is 4.31. The Morgan fingerprint density at radius 3 is 2.84 bits per heavy atom. The molecule has 1 aromatic rings. The van der Waals surface area contributed by atoms with Crippen molar-refractivity contribution in [1.29, 1.82) is 0 Å². The average Bonchev–Trinajstić information content (AvgIpc) is 2.72. The molecular weight excluding hydrogens is 238 g/mol. The molecule has 1 saturated heterocycles. The smallest absolute Gasteiger partial charge is 0.0873 e. The molecule has 0 aromatic carbocycles. The molecule has 4 heteroatoms. The third kappa shape index (κ3) is 3.37. The van der Waals surface area contributed by atoms with Gasteiger partial charge in [0.25, 0.3) is 0 Å². The van der Waals surface area contributed by atoms with Gasteiger partial charge in [-0.05, 0) is 19.4 Å². The number of nitrogens with zero attached hydrogens (tertiary/aromatic N) is 2. The van der Waals surface area contributed by atoms with Gasteiger partial charge >= 0.3 is 0 Å². The lowest BCUT2D eigenvalue weighted by atomic mass is 9.86. The SMILES string of the molecule is CCNC1CCOC(c2cn(C)nc2C(C)(C)C)C1. The van der Waals surface area contributed by atoms with Crippen LogP contribution in [0.1, 0.15) is 57.9 Å². The summed E-state index contributed by atoms with van der Waals surface area (Å²) < 4.78 is 7.91. The van der Waals surface area contributed by atoms with Crippen LogP contribution >= 0.6 is 0 Å². The molecule has 4 nitrogen and oxygen atoms in total. The summed E-state index contributed by atoms with van der Waals surface area (Å²) in [4.78, 5) is 0. The van der Waals surface area contributed by atoms with Gasteiger partial charge in [-0.3, -0.25) is 4.68 Å². The van der Waals surface area contributed by atoms with Crippen LogP contribution in [0.15, 0.2) is 6.20 Å². The van der Waals surface area contributed by atoms with Crippen molar-refractivity contribution >= 4 is 0 Å². The topological polar surface area (TPSA) is 39.1 Å². The lowest BCUT2D eigenvalue weighted by molar-refractivity contribution is -0.000356. The van der Waals surface area contributed by atoms with E-state index in [1.807, 2.05) is 11.7 Å². The second-order valence-corrected chi connectivity index (χ2v) is 6.50. The molecule has 1 aromatic heterocycles. The zero-order chi connectivity index (χ0) is 14.0. The van der Waals surface area contributed by atoms with E-state index in [9.17, 15) is 0 Å². The predicted molar refractivity (Wildman–Crippen MR) is 77.3 cm³/mol. The molecule has 1 aliphatic rings. The van der Waals surface area contributed by atoms with Gasteiger partial charge in [-0.25, -0.2) is 0 Å². The maximum absolute atomic E-state index is 6.00. The van der Waals surface area contributed by atoms with E-state index in [1.165, 1.54) is 5.56 Å². The van der Waals surface area contributed by atoms with E-state index in [4.69, 9.17) is 4.74 Å². The zero-order valence-electron chi connectivity index (χ0n) is 12.9. The van der Waals surface area contributed by atoms with E-state index in [2.05, 4.69) is 44.3 Å². The number of aryl methyl sites for hydroxylation is 1. The van der Waals surface area contributed by atoms with Crippen molar-refractivity contribution in [3.63, 3.8) is 0 Å². The van der Waals surface area contributed by atoms with Crippen molar-refractivity contribution < 1.29 is 4.74 Å². The number of aromatic nitrogens is 2. The van der Waals surface area contributed by atoms with Crippen molar-refractivity contribution in [3.05, 3.63) is 17.5 Å². The molecule has 2 heterocycles. The third-order valence-corrected chi connectivity index (χ3v) is 3.69. The highest BCUT2D eigenvalue weighted by Gasteiger charge is 2.30. The van der Waals surface area contributed by atoms with Crippen LogP contribution in [0.4, 0.5) is 0 Å². The maximum atomic E-state index is 6.00. The molecular formula is C15H27N3O. The highest BCUT2D eigenvalue weighted by molar-refractivity contribution is 5.27. The molecule has 0 amide bonds. The first-order chi connectivity index (χ1) is 8.91. The van der Waals surface area contributed by atoms with Gasteiger partial charge in [-0.15, -0.1) is 0 Å².